The molecule has 0 radical (unpaired) electrons. The molecule has 1 saturated heterocycles. The van der Waals surface area contributed by atoms with Crippen LogP contribution < -0.4 is 5.73 Å². The molecule has 4 heterocycles. The molecule has 2 atom stereocenters. The van der Waals surface area contributed by atoms with E-state index < -0.39 is 0 Å². The van der Waals surface area contributed by atoms with Crippen molar-refractivity contribution in [2.24, 2.45) is 7.05 Å². The molecule has 2 aromatic heterocycles. The van der Waals surface area contributed by atoms with Crippen LogP contribution in [0.25, 0.3) is 11.1 Å². The summed E-state index contributed by atoms with van der Waals surface area (Å²) in [6, 6.07) is 3.97. The molecule has 6 heteroatoms. The van der Waals surface area contributed by atoms with Gasteiger partial charge in [-0.1, -0.05) is 12.8 Å². The van der Waals surface area contributed by atoms with Gasteiger partial charge < -0.3 is 5.73 Å². The molecule has 2 bridgehead atoms. The molecule has 3 aliphatic rings. The average Bonchev–Trinajstić information content (AvgIpc) is 3.35. The third kappa shape index (κ3) is 2.34. The first-order valence-electron chi connectivity index (χ1n) is 10.1. The number of rotatable bonds is 2. The Labute approximate surface area is 160 Å². The molecule has 2 N–H and O–H groups in total. The minimum atomic E-state index is 0.358. The van der Waals surface area contributed by atoms with Crippen LogP contribution in [0.3, 0.4) is 0 Å². The molecule has 0 aromatic carbocycles. The van der Waals surface area contributed by atoms with Gasteiger partial charge in [-0.25, -0.2) is 4.98 Å². The van der Waals surface area contributed by atoms with E-state index in [0.29, 0.717) is 29.5 Å². The van der Waals surface area contributed by atoms with E-state index in [0.717, 1.165) is 35.4 Å². The highest BCUT2D eigenvalue weighted by Gasteiger charge is 2.46. The van der Waals surface area contributed by atoms with Crippen LogP contribution in [-0.4, -0.2) is 31.7 Å². The van der Waals surface area contributed by atoms with E-state index in [1.165, 1.54) is 37.7 Å². The van der Waals surface area contributed by atoms with Gasteiger partial charge in [0.1, 0.15) is 17.5 Å². The predicted octanol–water partition coefficient (Wildman–Crippen LogP) is 3.25. The van der Waals surface area contributed by atoms with E-state index in [1.54, 1.807) is 0 Å². The van der Waals surface area contributed by atoms with Crippen molar-refractivity contribution in [3.8, 4) is 17.2 Å². The second-order valence-electron chi connectivity index (χ2n) is 8.32. The lowest BCUT2D eigenvalue weighted by Gasteiger charge is -2.41. The van der Waals surface area contributed by atoms with E-state index in [-0.39, 0.29) is 0 Å². The molecule has 1 saturated carbocycles. The van der Waals surface area contributed by atoms with Crippen LogP contribution in [0.2, 0.25) is 0 Å². The van der Waals surface area contributed by atoms with Crippen molar-refractivity contribution in [2.75, 3.05) is 5.73 Å². The Hall–Kier alpha value is -2.39. The zero-order valence-electron chi connectivity index (χ0n) is 16.1. The number of pyridine rings is 1. The molecule has 0 unspecified atom stereocenters. The van der Waals surface area contributed by atoms with Gasteiger partial charge in [-0.05, 0) is 32.6 Å². The standard InChI is InChI=1S/C21H26N6/c1-12-16(11-24-26(12)2)19-15(10-22)21(23)25-17-9-14-7-8-18(20(17)19)27(14)13-5-3-4-6-13/h11,13-14,18H,3-9H2,1-2H3,(H2,23,25)/t14-,18+/m0/s1. The lowest BCUT2D eigenvalue weighted by atomic mass is 9.86. The normalized spacial score (nSPS) is 24.9. The molecule has 0 spiro atoms. The summed E-state index contributed by atoms with van der Waals surface area (Å²) in [5.74, 6) is 0.364. The van der Waals surface area contributed by atoms with Crippen molar-refractivity contribution < 1.29 is 0 Å². The van der Waals surface area contributed by atoms with Crippen molar-refractivity contribution >= 4 is 5.82 Å². The number of aryl methyl sites for hydroxylation is 1. The highest BCUT2D eigenvalue weighted by molar-refractivity contribution is 5.81. The van der Waals surface area contributed by atoms with Crippen LogP contribution in [0.1, 0.15) is 67.1 Å². The number of nitriles is 1. The van der Waals surface area contributed by atoms with Gasteiger partial charge in [-0.2, -0.15) is 10.4 Å². The second kappa shape index (κ2) is 6.07. The summed E-state index contributed by atoms with van der Waals surface area (Å²) in [6.45, 7) is 2.06. The molecule has 1 aliphatic carbocycles. The van der Waals surface area contributed by atoms with Gasteiger partial charge in [0.05, 0.1) is 6.20 Å². The quantitative estimate of drug-likeness (QED) is 0.886. The highest BCUT2D eigenvalue weighted by atomic mass is 15.3. The maximum atomic E-state index is 9.90. The number of anilines is 1. The Morgan fingerprint density at radius 1 is 1.19 bits per heavy atom. The average molecular weight is 362 g/mol. The van der Waals surface area contributed by atoms with Crippen LogP contribution in [-0.2, 0) is 13.5 Å². The molecular formula is C21H26N6. The summed E-state index contributed by atoms with van der Waals surface area (Å²) in [5.41, 5.74) is 12.2. The van der Waals surface area contributed by atoms with E-state index in [9.17, 15) is 5.26 Å². The molecule has 27 heavy (non-hydrogen) atoms. The third-order valence-electron chi connectivity index (χ3n) is 7.02. The summed E-state index contributed by atoms with van der Waals surface area (Å²) < 4.78 is 1.87. The van der Waals surface area contributed by atoms with Crippen LogP contribution >= 0.6 is 0 Å². The molecule has 0 amide bonds. The summed E-state index contributed by atoms with van der Waals surface area (Å²) in [7, 11) is 1.94. The molecule has 5 rings (SSSR count). The van der Waals surface area contributed by atoms with E-state index in [2.05, 4.69) is 23.0 Å². The number of nitrogens with two attached hydrogens (primary N) is 1. The minimum absolute atomic E-state index is 0.358. The maximum absolute atomic E-state index is 9.90. The molecule has 2 aromatic rings. The first-order valence-corrected chi connectivity index (χ1v) is 10.1. The van der Waals surface area contributed by atoms with Gasteiger partial charge >= 0.3 is 0 Å². The van der Waals surface area contributed by atoms with Gasteiger partial charge in [-0.15, -0.1) is 0 Å². The van der Waals surface area contributed by atoms with Gasteiger partial charge in [0, 0.05) is 59.7 Å². The highest BCUT2D eigenvalue weighted by Crippen LogP contribution is 2.51. The third-order valence-corrected chi connectivity index (χ3v) is 7.02. The van der Waals surface area contributed by atoms with Crippen molar-refractivity contribution in [3.63, 3.8) is 0 Å². The number of hydrogen-bond donors (Lipinski definition) is 1. The Balaban J connectivity index is 1.74. The van der Waals surface area contributed by atoms with Crippen LogP contribution in [0.4, 0.5) is 5.82 Å². The van der Waals surface area contributed by atoms with Gasteiger partial charge in [0.15, 0.2) is 0 Å². The van der Waals surface area contributed by atoms with Gasteiger partial charge in [-0.3, -0.25) is 9.58 Å². The number of nitrogen functional groups attached to an aromatic ring is 1. The van der Waals surface area contributed by atoms with Crippen LogP contribution in [0.5, 0.6) is 0 Å². The number of fused-ring (bicyclic) bond motifs is 4. The molecule has 6 nitrogen and oxygen atoms in total. The van der Waals surface area contributed by atoms with Crippen LogP contribution in [0, 0.1) is 18.3 Å². The molecular weight excluding hydrogens is 336 g/mol. The molecule has 2 aliphatic heterocycles. The maximum Gasteiger partial charge on any atom is 0.142 e. The fourth-order valence-electron chi connectivity index (χ4n) is 5.70. The lowest BCUT2D eigenvalue weighted by Crippen LogP contribution is -2.44. The largest absolute Gasteiger partial charge is 0.383 e. The molecule has 140 valence electrons. The monoisotopic (exact) mass is 362 g/mol. The Bertz CT molecular complexity index is 947. The van der Waals surface area contributed by atoms with Crippen molar-refractivity contribution in [2.45, 2.75) is 70.0 Å². The van der Waals surface area contributed by atoms with E-state index in [1.807, 2.05) is 17.9 Å². The van der Waals surface area contributed by atoms with Gasteiger partial charge in [0.2, 0.25) is 0 Å². The first-order chi connectivity index (χ1) is 13.1. The first kappa shape index (κ1) is 16.8. The predicted molar refractivity (Wildman–Crippen MR) is 104 cm³/mol. The molecule has 2 fully saturated rings. The fourth-order valence-corrected chi connectivity index (χ4v) is 5.70. The number of nitrogens with zero attached hydrogens (tertiary/aromatic N) is 5. The summed E-state index contributed by atoms with van der Waals surface area (Å²) >= 11 is 0. The fraction of sp³-hybridized carbons (Fsp3) is 0.571. The minimum Gasteiger partial charge on any atom is -0.383 e. The second-order valence-corrected chi connectivity index (χ2v) is 8.32. The Morgan fingerprint density at radius 2 is 1.96 bits per heavy atom. The van der Waals surface area contributed by atoms with E-state index in [4.69, 9.17) is 10.7 Å². The summed E-state index contributed by atoms with van der Waals surface area (Å²) in [4.78, 5) is 7.48. The Kier molecular flexibility index (Phi) is 3.76. The van der Waals surface area contributed by atoms with Crippen molar-refractivity contribution in [1.29, 1.82) is 5.26 Å². The number of hydrogen-bond acceptors (Lipinski definition) is 5. The summed E-state index contributed by atoms with van der Waals surface area (Å²) in [5, 5.41) is 14.3. The van der Waals surface area contributed by atoms with Crippen molar-refractivity contribution in [3.05, 3.63) is 28.7 Å². The number of aromatic nitrogens is 3. The Morgan fingerprint density at radius 3 is 2.63 bits per heavy atom. The summed E-state index contributed by atoms with van der Waals surface area (Å²) in [6.07, 6.45) is 10.5. The zero-order valence-corrected chi connectivity index (χ0v) is 16.1. The topological polar surface area (TPSA) is 83.8 Å². The van der Waals surface area contributed by atoms with Crippen LogP contribution in [0.15, 0.2) is 6.20 Å². The lowest BCUT2D eigenvalue weighted by molar-refractivity contribution is 0.116. The van der Waals surface area contributed by atoms with E-state index >= 15 is 0 Å². The smallest absolute Gasteiger partial charge is 0.142 e. The SMILES string of the molecule is Cc1c(-c2c(C#N)c(N)nc3c2[C@H]2CC[C@@H](C3)N2C2CCCC2)cnn1C. The van der Waals surface area contributed by atoms with Crippen molar-refractivity contribution in [1.82, 2.24) is 19.7 Å². The zero-order chi connectivity index (χ0) is 18.7. The van der Waals surface area contributed by atoms with Gasteiger partial charge in [0.25, 0.3) is 0 Å².